The highest BCUT2D eigenvalue weighted by Crippen LogP contribution is 2.22. The van der Waals surface area contributed by atoms with E-state index in [2.05, 4.69) is 0 Å². The van der Waals surface area contributed by atoms with Gasteiger partial charge in [-0.3, -0.25) is 4.90 Å². The quantitative estimate of drug-likeness (QED) is 0.682. The molecule has 0 aliphatic carbocycles. The average molecular weight is 216 g/mol. The van der Waals surface area contributed by atoms with Crippen LogP contribution in [-0.4, -0.2) is 46.9 Å². The van der Waals surface area contributed by atoms with E-state index in [4.69, 9.17) is 10.5 Å². The molecule has 2 unspecified atom stereocenters. The zero-order valence-electron chi connectivity index (χ0n) is 9.56. The Balaban J connectivity index is 2.83. The lowest BCUT2D eigenvalue weighted by atomic mass is 9.97. The summed E-state index contributed by atoms with van der Waals surface area (Å²) in [5, 5.41) is 9.19. The maximum absolute atomic E-state index is 11.2. The van der Waals surface area contributed by atoms with Gasteiger partial charge in [0.25, 0.3) is 0 Å². The number of hydrogen-bond donors (Lipinski definition) is 2. The first-order valence-electron chi connectivity index (χ1n) is 5.19. The number of hydrogen-bond acceptors (Lipinski definition) is 3. The Morgan fingerprint density at radius 2 is 2.13 bits per heavy atom. The number of nitrogens with two attached hydrogens (primary N) is 1. The molecule has 5 nitrogen and oxygen atoms in total. The van der Waals surface area contributed by atoms with Gasteiger partial charge in [-0.2, -0.15) is 0 Å². The summed E-state index contributed by atoms with van der Waals surface area (Å²) in [5.74, 6) is 0. The minimum Gasteiger partial charge on any atom is -0.465 e. The molecule has 5 heteroatoms. The lowest BCUT2D eigenvalue weighted by Gasteiger charge is -2.43. The van der Waals surface area contributed by atoms with Gasteiger partial charge in [-0.05, 0) is 27.2 Å². The van der Waals surface area contributed by atoms with E-state index in [0.29, 0.717) is 19.6 Å². The second-order valence-corrected chi connectivity index (χ2v) is 4.92. The van der Waals surface area contributed by atoms with Crippen molar-refractivity contribution in [3.05, 3.63) is 0 Å². The Kier molecular flexibility index (Phi) is 3.57. The van der Waals surface area contributed by atoms with Crippen LogP contribution < -0.4 is 5.73 Å². The molecule has 1 heterocycles. The molecule has 0 bridgehead atoms. The second-order valence-electron chi connectivity index (χ2n) is 4.92. The molecular weight excluding hydrogens is 196 g/mol. The van der Waals surface area contributed by atoms with Crippen LogP contribution in [0.5, 0.6) is 0 Å². The van der Waals surface area contributed by atoms with Crippen molar-refractivity contribution in [1.82, 2.24) is 4.90 Å². The molecule has 0 aromatic rings. The van der Waals surface area contributed by atoms with Crippen LogP contribution in [-0.2, 0) is 4.74 Å². The highest BCUT2D eigenvalue weighted by atomic mass is 16.5. The van der Waals surface area contributed by atoms with Crippen LogP contribution in [0.3, 0.4) is 0 Å². The molecule has 1 amide bonds. The van der Waals surface area contributed by atoms with Crippen molar-refractivity contribution in [3.8, 4) is 0 Å². The van der Waals surface area contributed by atoms with Crippen molar-refractivity contribution in [1.29, 1.82) is 0 Å². The number of carboxylic acid groups (broad SMARTS) is 1. The van der Waals surface area contributed by atoms with E-state index < -0.39 is 11.6 Å². The fraction of sp³-hybridized carbons (Fsp3) is 0.900. The molecule has 88 valence electrons. The van der Waals surface area contributed by atoms with Gasteiger partial charge in [-0.15, -0.1) is 0 Å². The van der Waals surface area contributed by atoms with Gasteiger partial charge in [0.15, 0.2) is 0 Å². The molecule has 1 fully saturated rings. The third kappa shape index (κ3) is 2.82. The standard InChI is InChI=1S/C10H20N2O3/c1-10(2,3)12(9(13)14)8-6-15-5-4-7(8)11/h7-8H,4-6,11H2,1-3H3,(H,13,14). The highest BCUT2D eigenvalue weighted by molar-refractivity contribution is 5.66. The maximum atomic E-state index is 11.2. The highest BCUT2D eigenvalue weighted by Gasteiger charge is 2.37. The van der Waals surface area contributed by atoms with Crippen LogP contribution in [0.1, 0.15) is 27.2 Å². The van der Waals surface area contributed by atoms with Crippen LogP contribution in [0, 0.1) is 0 Å². The molecule has 1 rings (SSSR count). The van der Waals surface area contributed by atoms with Crippen LogP contribution in [0.25, 0.3) is 0 Å². The molecule has 0 saturated carbocycles. The minimum atomic E-state index is -0.937. The van der Waals surface area contributed by atoms with E-state index in [-0.39, 0.29) is 12.1 Å². The normalized spacial score (nSPS) is 27.5. The summed E-state index contributed by atoms with van der Waals surface area (Å²) in [5.41, 5.74) is 5.48. The molecular formula is C10H20N2O3. The zero-order chi connectivity index (χ0) is 11.6. The Bertz CT molecular complexity index is 237. The van der Waals surface area contributed by atoms with Gasteiger partial charge in [0, 0.05) is 18.2 Å². The predicted octanol–water partition coefficient (Wildman–Crippen LogP) is 0.881. The topological polar surface area (TPSA) is 75.8 Å². The summed E-state index contributed by atoms with van der Waals surface area (Å²) in [6.07, 6.45) is -0.224. The average Bonchev–Trinajstić information content (AvgIpc) is 2.05. The van der Waals surface area contributed by atoms with E-state index in [1.54, 1.807) is 0 Å². The molecule has 0 spiro atoms. The molecule has 15 heavy (non-hydrogen) atoms. The Morgan fingerprint density at radius 3 is 2.53 bits per heavy atom. The first-order valence-corrected chi connectivity index (χ1v) is 5.19. The monoisotopic (exact) mass is 216 g/mol. The van der Waals surface area contributed by atoms with Crippen LogP contribution >= 0.6 is 0 Å². The van der Waals surface area contributed by atoms with E-state index in [1.165, 1.54) is 4.90 Å². The van der Waals surface area contributed by atoms with E-state index in [9.17, 15) is 9.90 Å². The molecule has 1 aliphatic rings. The smallest absolute Gasteiger partial charge is 0.408 e. The van der Waals surface area contributed by atoms with Gasteiger partial charge in [0.2, 0.25) is 0 Å². The predicted molar refractivity (Wildman–Crippen MR) is 56.8 cm³/mol. The van der Waals surface area contributed by atoms with E-state index >= 15 is 0 Å². The van der Waals surface area contributed by atoms with Crippen molar-refractivity contribution in [2.24, 2.45) is 5.73 Å². The van der Waals surface area contributed by atoms with Gasteiger partial charge in [0.1, 0.15) is 0 Å². The van der Waals surface area contributed by atoms with Gasteiger partial charge >= 0.3 is 6.09 Å². The van der Waals surface area contributed by atoms with E-state index in [0.717, 1.165) is 0 Å². The summed E-state index contributed by atoms with van der Waals surface area (Å²) in [7, 11) is 0. The Labute approximate surface area is 90.2 Å². The number of nitrogens with zero attached hydrogens (tertiary/aromatic N) is 1. The summed E-state index contributed by atoms with van der Waals surface area (Å²) < 4.78 is 5.29. The van der Waals surface area contributed by atoms with Crippen molar-refractivity contribution >= 4 is 6.09 Å². The van der Waals surface area contributed by atoms with Gasteiger partial charge < -0.3 is 15.6 Å². The molecule has 1 aliphatic heterocycles. The third-order valence-corrected chi connectivity index (χ3v) is 2.64. The van der Waals surface area contributed by atoms with Gasteiger partial charge in [-0.1, -0.05) is 0 Å². The molecule has 3 N–H and O–H groups in total. The van der Waals surface area contributed by atoms with Crippen LogP contribution in [0.15, 0.2) is 0 Å². The van der Waals surface area contributed by atoms with Crippen molar-refractivity contribution < 1.29 is 14.6 Å². The molecule has 0 aromatic heterocycles. The first-order chi connectivity index (χ1) is 6.84. The third-order valence-electron chi connectivity index (χ3n) is 2.64. The number of rotatable bonds is 1. The Hall–Kier alpha value is -0.810. The minimum absolute atomic E-state index is 0.130. The first kappa shape index (κ1) is 12.3. The summed E-state index contributed by atoms with van der Waals surface area (Å²) in [4.78, 5) is 12.6. The molecule has 1 saturated heterocycles. The summed E-state index contributed by atoms with van der Waals surface area (Å²) >= 11 is 0. The van der Waals surface area contributed by atoms with Crippen molar-refractivity contribution in [2.75, 3.05) is 13.2 Å². The van der Waals surface area contributed by atoms with Crippen LogP contribution in [0.2, 0.25) is 0 Å². The lowest BCUT2D eigenvalue weighted by Crippen LogP contribution is -2.61. The number of ether oxygens (including phenoxy) is 1. The number of carbonyl (C=O) groups is 1. The van der Waals surface area contributed by atoms with Gasteiger partial charge in [-0.25, -0.2) is 4.79 Å². The SMILES string of the molecule is CC(C)(C)N(C(=O)O)C1COCCC1N. The van der Waals surface area contributed by atoms with Crippen molar-refractivity contribution in [2.45, 2.75) is 44.8 Å². The van der Waals surface area contributed by atoms with Crippen molar-refractivity contribution in [3.63, 3.8) is 0 Å². The Morgan fingerprint density at radius 1 is 1.53 bits per heavy atom. The summed E-state index contributed by atoms with van der Waals surface area (Å²) in [6.45, 7) is 6.60. The largest absolute Gasteiger partial charge is 0.465 e. The van der Waals surface area contributed by atoms with E-state index in [1.807, 2.05) is 20.8 Å². The fourth-order valence-corrected chi connectivity index (χ4v) is 1.93. The lowest BCUT2D eigenvalue weighted by molar-refractivity contribution is -0.0192. The van der Waals surface area contributed by atoms with Gasteiger partial charge in [0.05, 0.1) is 12.6 Å². The molecule has 2 atom stereocenters. The van der Waals surface area contributed by atoms with Crippen LogP contribution in [0.4, 0.5) is 4.79 Å². The molecule has 0 aromatic carbocycles. The maximum Gasteiger partial charge on any atom is 0.408 e. The second kappa shape index (κ2) is 4.37. The zero-order valence-corrected chi connectivity index (χ0v) is 9.56. The summed E-state index contributed by atoms with van der Waals surface area (Å²) in [6, 6.07) is -0.370. The number of amides is 1. The molecule has 0 radical (unpaired) electrons. The fourth-order valence-electron chi connectivity index (χ4n) is 1.93.